The van der Waals surface area contributed by atoms with E-state index in [2.05, 4.69) is 29.6 Å². The first-order valence-corrected chi connectivity index (χ1v) is 12.0. The van der Waals surface area contributed by atoms with E-state index in [9.17, 15) is 19.5 Å². The van der Waals surface area contributed by atoms with Crippen molar-refractivity contribution in [2.75, 3.05) is 19.7 Å². The Balaban J connectivity index is 1.38. The molecular formula is C27H32N2O5. The highest BCUT2D eigenvalue weighted by Gasteiger charge is 2.42. The fourth-order valence-electron chi connectivity index (χ4n) is 5.02. The van der Waals surface area contributed by atoms with Gasteiger partial charge in [-0.15, -0.1) is 0 Å². The van der Waals surface area contributed by atoms with Gasteiger partial charge in [-0.1, -0.05) is 55.5 Å². The van der Waals surface area contributed by atoms with Gasteiger partial charge in [0.05, 0.1) is 17.9 Å². The van der Waals surface area contributed by atoms with Crippen molar-refractivity contribution < 1.29 is 24.2 Å². The molecular weight excluding hydrogens is 432 g/mol. The lowest BCUT2D eigenvalue weighted by Crippen LogP contribution is -2.56. The van der Waals surface area contributed by atoms with Crippen LogP contribution in [0, 0.1) is 5.92 Å². The number of nitrogens with one attached hydrogen (secondary N) is 1. The van der Waals surface area contributed by atoms with E-state index in [0.717, 1.165) is 17.5 Å². The number of carboxylic acid groups (broad SMARTS) is 1. The number of aliphatic carboxylic acids is 1. The number of ether oxygens (including phenoxy) is 1. The normalized spacial score (nSPS) is 16.5. The van der Waals surface area contributed by atoms with Gasteiger partial charge in [-0.05, 0) is 48.4 Å². The highest BCUT2D eigenvalue weighted by atomic mass is 16.5. The maximum Gasteiger partial charge on any atom is 0.407 e. The minimum Gasteiger partial charge on any atom is -0.481 e. The number of carboxylic acids is 1. The maximum absolute atomic E-state index is 12.9. The maximum atomic E-state index is 12.9. The monoisotopic (exact) mass is 464 g/mol. The summed E-state index contributed by atoms with van der Waals surface area (Å²) in [6.45, 7) is 4.23. The van der Waals surface area contributed by atoms with Gasteiger partial charge in [-0.2, -0.15) is 0 Å². The Labute approximate surface area is 200 Å². The van der Waals surface area contributed by atoms with Gasteiger partial charge in [0, 0.05) is 19.0 Å². The van der Waals surface area contributed by atoms with Crippen LogP contribution in [0.15, 0.2) is 48.5 Å². The van der Waals surface area contributed by atoms with E-state index in [1.807, 2.05) is 31.2 Å². The Morgan fingerprint density at radius 3 is 2.18 bits per heavy atom. The Morgan fingerprint density at radius 1 is 1.09 bits per heavy atom. The first-order valence-electron chi connectivity index (χ1n) is 12.0. The van der Waals surface area contributed by atoms with Crippen LogP contribution in [0.4, 0.5) is 4.79 Å². The van der Waals surface area contributed by atoms with Crippen molar-refractivity contribution in [3.05, 3.63) is 59.7 Å². The summed E-state index contributed by atoms with van der Waals surface area (Å²) in [7, 11) is 0. The first-order chi connectivity index (χ1) is 16.3. The third kappa shape index (κ3) is 4.79. The van der Waals surface area contributed by atoms with E-state index in [4.69, 9.17) is 4.74 Å². The molecule has 2 aliphatic rings. The molecule has 1 atom stereocenters. The molecule has 7 heteroatoms. The number of carbonyl (C=O) groups is 3. The number of carbonyl (C=O) groups excluding carboxylic acids is 2. The Kier molecular flexibility index (Phi) is 6.91. The Bertz CT molecular complexity index is 1030. The molecule has 1 fully saturated rings. The first kappa shape index (κ1) is 23.8. The molecule has 34 heavy (non-hydrogen) atoms. The molecule has 1 unspecified atom stereocenters. The molecule has 2 amide bonds. The molecule has 2 aromatic rings. The van der Waals surface area contributed by atoms with Gasteiger partial charge in [0.2, 0.25) is 5.91 Å². The van der Waals surface area contributed by atoms with Crippen molar-refractivity contribution >= 4 is 18.0 Å². The minimum absolute atomic E-state index is 0.0230. The lowest BCUT2D eigenvalue weighted by Gasteiger charge is -2.42. The second kappa shape index (κ2) is 9.87. The zero-order valence-corrected chi connectivity index (χ0v) is 19.8. The number of amides is 2. The van der Waals surface area contributed by atoms with Crippen LogP contribution >= 0.6 is 0 Å². The van der Waals surface area contributed by atoms with Crippen LogP contribution in [-0.4, -0.2) is 53.2 Å². The van der Waals surface area contributed by atoms with Crippen molar-refractivity contribution in [3.63, 3.8) is 0 Å². The molecule has 0 heterocycles. The summed E-state index contributed by atoms with van der Waals surface area (Å²) in [6, 6.07) is 16.4. The van der Waals surface area contributed by atoms with Crippen LogP contribution in [0.25, 0.3) is 11.1 Å². The molecule has 0 saturated heterocycles. The number of fused-ring (bicyclic) bond motifs is 3. The summed E-state index contributed by atoms with van der Waals surface area (Å²) in [6.07, 6.45) is 1.96. The van der Waals surface area contributed by atoms with Crippen molar-refractivity contribution in [1.29, 1.82) is 0 Å². The SMILES string of the molecule is CCN(CC(C)C(=O)O)C(=O)CC1(NC(=O)OCC2c3ccccc3-c3ccccc32)CCC1. The Morgan fingerprint density at radius 2 is 1.68 bits per heavy atom. The van der Waals surface area contributed by atoms with Gasteiger partial charge in [0.15, 0.2) is 0 Å². The van der Waals surface area contributed by atoms with E-state index in [0.29, 0.717) is 19.4 Å². The number of hydrogen-bond donors (Lipinski definition) is 2. The molecule has 2 aliphatic carbocycles. The van der Waals surface area contributed by atoms with E-state index in [1.165, 1.54) is 11.1 Å². The molecule has 0 spiro atoms. The van der Waals surface area contributed by atoms with Crippen LogP contribution < -0.4 is 5.32 Å². The second-order valence-corrected chi connectivity index (χ2v) is 9.43. The molecule has 2 N–H and O–H groups in total. The fraction of sp³-hybridized carbons (Fsp3) is 0.444. The number of benzene rings is 2. The minimum atomic E-state index is -0.929. The van der Waals surface area contributed by atoms with Crippen molar-refractivity contribution in [2.24, 2.45) is 5.92 Å². The summed E-state index contributed by atoms with van der Waals surface area (Å²) >= 11 is 0. The van der Waals surface area contributed by atoms with Gasteiger partial charge < -0.3 is 20.1 Å². The zero-order chi connectivity index (χ0) is 24.3. The summed E-state index contributed by atoms with van der Waals surface area (Å²) in [5.41, 5.74) is 4.01. The zero-order valence-electron chi connectivity index (χ0n) is 19.8. The molecule has 180 valence electrons. The third-order valence-electron chi connectivity index (χ3n) is 7.16. The van der Waals surface area contributed by atoms with Gasteiger partial charge in [0.1, 0.15) is 6.61 Å². The van der Waals surface area contributed by atoms with Crippen LogP contribution in [0.5, 0.6) is 0 Å². The van der Waals surface area contributed by atoms with Gasteiger partial charge in [-0.25, -0.2) is 4.79 Å². The van der Waals surface area contributed by atoms with Gasteiger partial charge in [-0.3, -0.25) is 9.59 Å². The largest absolute Gasteiger partial charge is 0.481 e. The Hall–Kier alpha value is -3.35. The van der Waals surface area contributed by atoms with Crippen LogP contribution in [-0.2, 0) is 14.3 Å². The van der Waals surface area contributed by atoms with Crippen LogP contribution in [0.1, 0.15) is 56.6 Å². The average Bonchev–Trinajstić information content (AvgIpc) is 3.13. The van der Waals surface area contributed by atoms with E-state index >= 15 is 0 Å². The number of hydrogen-bond acceptors (Lipinski definition) is 4. The molecule has 1 saturated carbocycles. The lowest BCUT2D eigenvalue weighted by atomic mass is 9.74. The topological polar surface area (TPSA) is 95.9 Å². The highest BCUT2D eigenvalue weighted by molar-refractivity contribution is 5.81. The van der Waals surface area contributed by atoms with Gasteiger partial charge >= 0.3 is 12.1 Å². The highest BCUT2D eigenvalue weighted by Crippen LogP contribution is 2.44. The van der Waals surface area contributed by atoms with Crippen molar-refractivity contribution in [2.45, 2.75) is 51.0 Å². The predicted molar refractivity (Wildman–Crippen MR) is 128 cm³/mol. The molecule has 4 rings (SSSR count). The molecule has 0 radical (unpaired) electrons. The van der Waals surface area contributed by atoms with E-state index < -0.39 is 23.5 Å². The molecule has 0 bridgehead atoms. The number of rotatable bonds is 9. The molecule has 0 aliphatic heterocycles. The number of nitrogens with zero attached hydrogens (tertiary/aromatic N) is 1. The number of alkyl carbamates (subject to hydrolysis) is 1. The molecule has 0 aromatic heterocycles. The molecule has 2 aromatic carbocycles. The summed E-state index contributed by atoms with van der Waals surface area (Å²) in [5.74, 6) is -1.74. The average molecular weight is 465 g/mol. The smallest absolute Gasteiger partial charge is 0.407 e. The third-order valence-corrected chi connectivity index (χ3v) is 7.16. The lowest BCUT2D eigenvalue weighted by molar-refractivity contribution is -0.143. The molecule has 7 nitrogen and oxygen atoms in total. The second-order valence-electron chi connectivity index (χ2n) is 9.43. The summed E-state index contributed by atoms with van der Waals surface area (Å²) in [4.78, 5) is 38.4. The summed E-state index contributed by atoms with van der Waals surface area (Å²) in [5, 5.41) is 12.1. The van der Waals surface area contributed by atoms with E-state index in [-0.39, 0.29) is 31.4 Å². The standard InChI is InChI=1S/C27H32N2O5/c1-3-29(16-18(2)25(31)32)24(30)15-27(13-8-14-27)28-26(33)34-17-23-21-11-6-4-9-19(21)20-10-5-7-12-22(20)23/h4-7,9-12,18,23H,3,8,13-17H2,1-2H3,(H,28,33)(H,31,32). The predicted octanol–water partition coefficient (Wildman–Crippen LogP) is 4.41. The van der Waals surface area contributed by atoms with Crippen molar-refractivity contribution in [1.82, 2.24) is 10.2 Å². The van der Waals surface area contributed by atoms with Crippen LogP contribution in [0.2, 0.25) is 0 Å². The quantitative estimate of drug-likeness (QED) is 0.573. The van der Waals surface area contributed by atoms with Gasteiger partial charge in [0.25, 0.3) is 0 Å². The van der Waals surface area contributed by atoms with Crippen LogP contribution in [0.3, 0.4) is 0 Å². The van der Waals surface area contributed by atoms with Crippen molar-refractivity contribution in [3.8, 4) is 11.1 Å². The van der Waals surface area contributed by atoms with E-state index in [1.54, 1.807) is 11.8 Å². The fourth-order valence-corrected chi connectivity index (χ4v) is 5.02. The summed E-state index contributed by atoms with van der Waals surface area (Å²) < 4.78 is 5.68.